The minimum Gasteiger partial charge on any atom is -0.202 e. The van der Waals surface area contributed by atoms with Gasteiger partial charge in [-0.25, -0.2) is 9.13 Å². The van der Waals surface area contributed by atoms with Gasteiger partial charge in [0, 0.05) is 104 Å². The maximum absolute atomic E-state index is 4.20. The Kier molecular flexibility index (Phi) is 6.06. The molecule has 0 bridgehead atoms. The SMILES string of the molecule is C=Cc1c(C)c2n3c1C=c1c(C)c(C)c4n1[C@@]31[N+]3=C([C-]=C(C)C3=C2)C=C2[C-]=C(C)C(=[N+]21)C=4.[Y].[Y].[Y]. The second-order valence-electron chi connectivity index (χ2n) is 9.59. The van der Waals surface area contributed by atoms with Crippen molar-refractivity contribution in [3.8, 4) is 0 Å². The molecule has 0 N–H and O–H groups in total. The van der Waals surface area contributed by atoms with Gasteiger partial charge in [-0.1, -0.05) is 49.8 Å². The van der Waals surface area contributed by atoms with E-state index in [1.807, 2.05) is 6.08 Å². The van der Waals surface area contributed by atoms with E-state index in [1.165, 1.54) is 66.9 Å². The van der Waals surface area contributed by atoms with E-state index in [2.05, 4.69) is 95.9 Å². The van der Waals surface area contributed by atoms with Crippen molar-refractivity contribution in [2.24, 2.45) is 0 Å². The van der Waals surface area contributed by atoms with Crippen molar-refractivity contribution in [1.29, 1.82) is 0 Å². The molecular weight excluding hydrogens is 659 g/mol. The smallest absolute Gasteiger partial charge is 0.202 e. The second-order valence-corrected chi connectivity index (χ2v) is 9.59. The van der Waals surface area contributed by atoms with Crippen molar-refractivity contribution in [3.05, 3.63) is 91.7 Å². The van der Waals surface area contributed by atoms with Crippen LogP contribution in [0.15, 0.2) is 35.2 Å². The van der Waals surface area contributed by atoms with Gasteiger partial charge < -0.3 is 0 Å². The number of hydrogen-bond acceptors (Lipinski definition) is 0. The fourth-order valence-corrected chi connectivity index (χ4v) is 6.69. The van der Waals surface area contributed by atoms with E-state index in [9.17, 15) is 0 Å². The van der Waals surface area contributed by atoms with Gasteiger partial charge in [0.2, 0.25) is 0 Å². The molecule has 1 spiro atoms. The Morgan fingerprint density at radius 2 is 1.46 bits per heavy atom. The predicted octanol–water partition coefficient (Wildman–Crippen LogP) is 2.59. The molecular formula is C28H22N4Y3. The number of aromatic nitrogens is 2. The Bertz CT molecular complexity index is 1780. The van der Waals surface area contributed by atoms with Gasteiger partial charge >= 0.3 is 5.91 Å². The summed E-state index contributed by atoms with van der Waals surface area (Å²) in [6, 6.07) is 0. The second kappa shape index (κ2) is 8.08. The fourth-order valence-electron chi connectivity index (χ4n) is 6.69. The van der Waals surface area contributed by atoms with Crippen molar-refractivity contribution in [2.45, 2.75) is 40.5 Å². The fraction of sp³-hybridized carbons (Fsp3) is 0.214. The average Bonchev–Trinajstić information content (AvgIpc) is 3.43. The van der Waals surface area contributed by atoms with Gasteiger partial charge in [-0.15, -0.1) is 0 Å². The minimum atomic E-state index is -0.599. The summed E-state index contributed by atoms with van der Waals surface area (Å²) in [5.74, 6) is -0.599. The van der Waals surface area contributed by atoms with E-state index in [0.717, 1.165) is 11.4 Å². The van der Waals surface area contributed by atoms with Crippen LogP contribution in [0.5, 0.6) is 0 Å². The van der Waals surface area contributed by atoms with Crippen LogP contribution in [0.1, 0.15) is 47.5 Å². The molecule has 3 radical (unpaired) electrons. The monoisotopic (exact) mass is 681 g/mol. The van der Waals surface area contributed by atoms with Crippen LogP contribution in [0.25, 0.3) is 24.3 Å². The molecule has 8 rings (SSSR count). The summed E-state index contributed by atoms with van der Waals surface area (Å²) in [4.78, 5) is 0. The number of allylic oxidation sites excluding steroid dienone is 5. The van der Waals surface area contributed by atoms with Gasteiger partial charge in [-0.2, -0.15) is 9.15 Å². The molecule has 1 atom stereocenters. The Hall–Kier alpha value is -0.348. The summed E-state index contributed by atoms with van der Waals surface area (Å²) in [6.45, 7) is 15.3. The van der Waals surface area contributed by atoms with Crippen LogP contribution in [0.2, 0.25) is 0 Å². The third-order valence-electron chi connectivity index (χ3n) is 8.22. The van der Waals surface area contributed by atoms with Gasteiger partial charge in [0.1, 0.15) is 22.8 Å². The van der Waals surface area contributed by atoms with Crippen molar-refractivity contribution in [1.82, 2.24) is 9.13 Å². The quantitative estimate of drug-likeness (QED) is 0.326. The Morgan fingerprint density at radius 1 is 0.771 bits per heavy atom. The van der Waals surface area contributed by atoms with Gasteiger partial charge in [0.25, 0.3) is 0 Å². The van der Waals surface area contributed by atoms with Crippen LogP contribution >= 0.6 is 0 Å². The molecule has 0 saturated heterocycles. The summed E-state index contributed by atoms with van der Waals surface area (Å²) >= 11 is 0. The van der Waals surface area contributed by atoms with Gasteiger partial charge in [0.15, 0.2) is 0 Å². The molecule has 0 unspecified atom stereocenters. The van der Waals surface area contributed by atoms with E-state index in [0.29, 0.717) is 0 Å². The van der Waals surface area contributed by atoms with E-state index >= 15 is 0 Å². The standard InChI is InChI=1S/C28H22N4.3Y/c1-7-21-18(6)26-12-23-15(3)9-20-10-19-8-14(2)22-11-24-16(4)17(5)25-13-27(21)32(26)28(29(19)22,30(20)23)31(24)25;;;/h7,10-13H,1H2,2-6H3;;;/t28-;;;/m1.../s1. The van der Waals surface area contributed by atoms with Crippen LogP contribution in [0, 0.1) is 32.9 Å². The number of hydrogen-bond donors (Lipinski definition) is 0. The Morgan fingerprint density at radius 3 is 2.14 bits per heavy atom. The topological polar surface area (TPSA) is 15.9 Å². The molecule has 0 fully saturated rings. The molecule has 6 aliphatic rings. The molecule has 2 aromatic rings. The zero-order chi connectivity index (χ0) is 21.8. The van der Waals surface area contributed by atoms with Gasteiger partial charge in [-0.3, -0.25) is 0 Å². The van der Waals surface area contributed by atoms with Crippen LogP contribution < -0.4 is 10.7 Å². The maximum atomic E-state index is 4.20. The van der Waals surface area contributed by atoms with Gasteiger partial charge in [-0.05, 0) is 61.8 Å². The van der Waals surface area contributed by atoms with Crippen LogP contribution in [0.3, 0.4) is 0 Å². The molecule has 0 aliphatic carbocycles. The molecule has 2 aromatic heterocycles. The van der Waals surface area contributed by atoms with E-state index in [4.69, 9.17) is 0 Å². The molecule has 35 heavy (non-hydrogen) atoms. The normalized spacial score (nSPS) is 22.3. The number of nitrogens with zero attached hydrogens (tertiary/aromatic N) is 4. The number of rotatable bonds is 1. The third kappa shape index (κ3) is 2.61. The van der Waals surface area contributed by atoms with Crippen molar-refractivity contribution >= 4 is 35.7 Å². The first-order valence-electron chi connectivity index (χ1n) is 11.2. The molecule has 7 heteroatoms. The molecule has 163 valence electrons. The largest absolute Gasteiger partial charge is 0.529 e. The van der Waals surface area contributed by atoms with E-state index in [-0.39, 0.29) is 98.1 Å². The Balaban J connectivity index is 0.000000845. The van der Waals surface area contributed by atoms with Crippen LogP contribution in [-0.4, -0.2) is 29.7 Å². The van der Waals surface area contributed by atoms with Crippen molar-refractivity contribution < 1.29 is 107 Å². The van der Waals surface area contributed by atoms with E-state index < -0.39 is 5.91 Å². The summed E-state index contributed by atoms with van der Waals surface area (Å²) in [5.41, 5.74) is 14.6. The van der Waals surface area contributed by atoms with Crippen molar-refractivity contribution in [3.63, 3.8) is 0 Å². The predicted molar refractivity (Wildman–Crippen MR) is 125 cm³/mol. The first-order chi connectivity index (χ1) is 15.4. The average molecular weight is 681 g/mol. The molecule has 8 heterocycles. The molecule has 0 saturated carbocycles. The molecule has 4 nitrogen and oxygen atoms in total. The van der Waals surface area contributed by atoms with Gasteiger partial charge in [0.05, 0.1) is 22.1 Å². The first kappa shape index (κ1) is 26.3. The minimum absolute atomic E-state index is 0. The zero-order valence-corrected chi connectivity index (χ0v) is 29.1. The summed E-state index contributed by atoms with van der Waals surface area (Å²) in [7, 11) is 0. The summed E-state index contributed by atoms with van der Waals surface area (Å²) in [5, 5.41) is 2.54. The van der Waals surface area contributed by atoms with Crippen LogP contribution in [-0.2, 0) is 104 Å². The molecule has 0 aromatic carbocycles. The molecule has 6 aliphatic heterocycles. The molecule has 0 amide bonds. The summed E-state index contributed by atoms with van der Waals surface area (Å²) in [6.07, 6.45) is 18.7. The first-order valence-corrected chi connectivity index (χ1v) is 11.2. The van der Waals surface area contributed by atoms with Crippen molar-refractivity contribution in [2.75, 3.05) is 0 Å². The Labute approximate surface area is 280 Å². The maximum Gasteiger partial charge on any atom is 0.529 e. The van der Waals surface area contributed by atoms with Crippen LogP contribution in [0.4, 0.5) is 0 Å². The third-order valence-corrected chi connectivity index (χ3v) is 8.22. The van der Waals surface area contributed by atoms with E-state index in [1.54, 1.807) is 0 Å². The summed E-state index contributed by atoms with van der Waals surface area (Å²) < 4.78 is 10.0. The zero-order valence-electron chi connectivity index (χ0n) is 20.6.